The summed E-state index contributed by atoms with van der Waals surface area (Å²) in [6, 6.07) is 9.60. The first kappa shape index (κ1) is 43.0. The van der Waals surface area contributed by atoms with E-state index in [1.807, 2.05) is 34.0 Å². The molecule has 0 amide bonds. The summed E-state index contributed by atoms with van der Waals surface area (Å²) in [4.78, 5) is 16.1. The van der Waals surface area contributed by atoms with E-state index in [4.69, 9.17) is 18.7 Å². The molecule has 0 aliphatic carbocycles. The average Bonchev–Trinajstić information content (AvgIpc) is 4.14. The summed E-state index contributed by atoms with van der Waals surface area (Å²) in [6.07, 6.45) is 16.4. The second-order valence-electron chi connectivity index (χ2n) is 16.7. The van der Waals surface area contributed by atoms with Crippen LogP contribution in [-0.4, -0.2) is 23.3 Å². The van der Waals surface area contributed by atoms with E-state index in [2.05, 4.69) is 100 Å². The van der Waals surface area contributed by atoms with Gasteiger partial charge in [-0.25, -0.2) is 9.97 Å². The minimum Gasteiger partial charge on any atom is -0.338 e. The fourth-order valence-electron chi connectivity index (χ4n) is 9.06. The van der Waals surface area contributed by atoms with Gasteiger partial charge >= 0.3 is 0 Å². The number of thiophene rings is 5. The van der Waals surface area contributed by atoms with Gasteiger partial charge in [-0.1, -0.05) is 112 Å². The lowest BCUT2D eigenvalue weighted by atomic mass is 9.95. The van der Waals surface area contributed by atoms with E-state index < -0.39 is 0 Å². The third-order valence-electron chi connectivity index (χ3n) is 12.6. The topological polar surface area (TPSA) is 56.5 Å². The van der Waals surface area contributed by atoms with Crippen LogP contribution in [0.1, 0.15) is 140 Å². The summed E-state index contributed by atoms with van der Waals surface area (Å²) >= 11 is 10.9. The molecule has 11 heteroatoms. The molecule has 8 aromatic heterocycles. The Hall–Kier alpha value is -3.24. The van der Waals surface area contributed by atoms with Gasteiger partial charge in [0.2, 0.25) is 0 Å². The number of rotatable bonds is 18. The van der Waals surface area contributed by atoms with Gasteiger partial charge in [0.15, 0.2) is 0 Å². The first-order valence-corrected chi connectivity index (χ1v) is 27.7. The number of unbranched alkanes of at least 4 members (excludes halogenated alkanes) is 3. The number of aromatic nitrogens is 5. The van der Waals surface area contributed by atoms with Gasteiger partial charge in [0, 0.05) is 52.8 Å². The Bertz CT molecular complexity index is 3010. The Balaban J connectivity index is 1.16. The van der Waals surface area contributed by atoms with E-state index in [-0.39, 0.29) is 0 Å². The van der Waals surface area contributed by atoms with Crippen molar-refractivity contribution < 1.29 is 0 Å². The Morgan fingerprint density at radius 1 is 0.607 bits per heavy atom. The Kier molecular flexibility index (Phi) is 13.3. The average molecular weight is 920 g/mol. The molecule has 5 nitrogen and oxygen atoms in total. The highest BCUT2D eigenvalue weighted by Crippen LogP contribution is 2.52. The van der Waals surface area contributed by atoms with Crippen molar-refractivity contribution in [2.45, 2.75) is 145 Å². The van der Waals surface area contributed by atoms with Crippen molar-refractivity contribution in [1.82, 2.24) is 23.3 Å². The lowest BCUT2D eigenvalue weighted by Crippen LogP contribution is -2.03. The summed E-state index contributed by atoms with van der Waals surface area (Å²) < 4.78 is 21.1. The van der Waals surface area contributed by atoms with E-state index in [9.17, 15) is 0 Å². The Morgan fingerprint density at radius 2 is 1.26 bits per heavy atom. The normalized spacial score (nSPS) is 13.2. The minimum atomic E-state index is 0.695. The van der Waals surface area contributed by atoms with Gasteiger partial charge in [-0.3, -0.25) is 0 Å². The zero-order chi connectivity index (χ0) is 42.2. The maximum atomic E-state index is 5.53. The molecule has 0 saturated carbocycles. The van der Waals surface area contributed by atoms with E-state index in [0.717, 1.165) is 94.0 Å². The Morgan fingerprint density at radius 3 is 1.90 bits per heavy atom. The minimum absolute atomic E-state index is 0.695. The van der Waals surface area contributed by atoms with Crippen molar-refractivity contribution in [3.63, 3.8) is 0 Å². The van der Waals surface area contributed by atoms with Crippen LogP contribution in [0.2, 0.25) is 0 Å². The number of benzene rings is 1. The largest absolute Gasteiger partial charge is 0.338 e. The fourth-order valence-corrected chi connectivity index (χ4v) is 16.1. The molecule has 0 radical (unpaired) electrons. The molecule has 1 aromatic carbocycles. The summed E-state index contributed by atoms with van der Waals surface area (Å²) in [5, 5.41) is 0. The number of fused-ring (bicyclic) bond motifs is 8. The molecule has 8 heterocycles. The van der Waals surface area contributed by atoms with Crippen molar-refractivity contribution in [3.05, 3.63) is 45.4 Å². The first-order chi connectivity index (χ1) is 29.9. The molecule has 318 valence electrons. The summed E-state index contributed by atoms with van der Waals surface area (Å²) in [5.74, 6) is 8.52. The predicted molar refractivity (Wildman–Crippen MR) is 274 cm³/mol. The van der Waals surface area contributed by atoms with Crippen molar-refractivity contribution in [1.29, 1.82) is 0 Å². The molecule has 61 heavy (non-hydrogen) atoms. The van der Waals surface area contributed by atoms with Gasteiger partial charge in [-0.15, -0.1) is 56.7 Å². The van der Waals surface area contributed by atoms with E-state index in [0.29, 0.717) is 5.92 Å². The highest BCUT2D eigenvalue weighted by atomic mass is 32.1. The second-order valence-corrected chi connectivity index (χ2v) is 22.7. The first-order valence-electron chi connectivity index (χ1n) is 22.9. The molecule has 9 rings (SSSR count). The van der Waals surface area contributed by atoms with Crippen LogP contribution in [0.5, 0.6) is 0 Å². The predicted octanol–water partition coefficient (Wildman–Crippen LogP) is 17.3. The highest BCUT2D eigenvalue weighted by molar-refractivity contribution is 7.36. The van der Waals surface area contributed by atoms with Crippen LogP contribution in [0, 0.1) is 23.7 Å². The summed E-state index contributed by atoms with van der Waals surface area (Å²) in [6.45, 7) is 17.0. The van der Waals surface area contributed by atoms with E-state index in [1.165, 1.54) is 119 Å². The zero-order valence-corrected chi connectivity index (χ0v) is 41.7. The monoisotopic (exact) mass is 919 g/mol. The standard InChI is InChI=1S/C50H57N5S6/c1-8-15-19-29(11-4)21-18-22-31-25-36-37(56-31)28-39(58-36)42-44-43(51-33(13-6)34(14-7)52-44)41(45-46(42)54-61-53-45)38-27-35-48(59-38)50-47(55(35)23-17-10-3)49-40(60-50)26-32(57-49)24-30(12-5)20-16-9-2/h25-30H,8-17,19-21,23-24H2,1-7H3. The van der Waals surface area contributed by atoms with Gasteiger partial charge in [0.25, 0.3) is 0 Å². The molecule has 0 bridgehead atoms. The smallest absolute Gasteiger partial charge is 0.116 e. The van der Waals surface area contributed by atoms with Crippen molar-refractivity contribution in [2.24, 2.45) is 11.8 Å². The van der Waals surface area contributed by atoms with Crippen LogP contribution < -0.4 is 0 Å². The molecule has 0 fully saturated rings. The molecule has 2 unspecified atom stereocenters. The van der Waals surface area contributed by atoms with Crippen LogP contribution in [-0.2, 0) is 25.8 Å². The maximum absolute atomic E-state index is 5.53. The molecule has 0 spiro atoms. The van der Waals surface area contributed by atoms with Crippen LogP contribution in [0.4, 0.5) is 0 Å². The SMILES string of the molecule is CCCCC(CC)CC#Cc1cc2sc(-c3c4nsnc4c(-c4cc5c(s4)c4sc6cc(CC(CC)CCCC)sc6c4n5CCCC)c4nc(CC)c(CC)nc34)cc2s1. The molecule has 9 aromatic rings. The quantitative estimate of drug-likeness (QED) is 0.0805. The second kappa shape index (κ2) is 18.8. The van der Waals surface area contributed by atoms with Crippen LogP contribution in [0.25, 0.3) is 82.2 Å². The number of nitrogens with zero attached hydrogens (tertiary/aromatic N) is 5. The van der Waals surface area contributed by atoms with Crippen molar-refractivity contribution in [2.75, 3.05) is 0 Å². The van der Waals surface area contributed by atoms with Crippen LogP contribution in [0.3, 0.4) is 0 Å². The lowest BCUT2D eigenvalue weighted by Gasteiger charge is -2.13. The summed E-state index contributed by atoms with van der Waals surface area (Å²) in [7, 11) is 0. The third-order valence-corrected chi connectivity index (χ3v) is 19.1. The number of hydrogen-bond acceptors (Lipinski definition) is 10. The zero-order valence-electron chi connectivity index (χ0n) is 36.8. The lowest BCUT2D eigenvalue weighted by molar-refractivity contribution is 0.452. The number of aryl methyl sites for hydroxylation is 3. The van der Waals surface area contributed by atoms with Crippen molar-refractivity contribution in [3.8, 4) is 32.7 Å². The van der Waals surface area contributed by atoms with Gasteiger partial charge in [-0.05, 0) is 68.2 Å². The van der Waals surface area contributed by atoms with Gasteiger partial charge in [0.05, 0.1) is 53.1 Å². The molecular formula is C50H57N5S6. The van der Waals surface area contributed by atoms with Gasteiger partial charge in [0.1, 0.15) is 22.1 Å². The number of hydrogen-bond donors (Lipinski definition) is 0. The molecule has 0 N–H and O–H groups in total. The highest BCUT2D eigenvalue weighted by Gasteiger charge is 2.28. The third kappa shape index (κ3) is 8.12. The summed E-state index contributed by atoms with van der Waals surface area (Å²) in [5.41, 5.74) is 10.9. The maximum Gasteiger partial charge on any atom is 0.116 e. The Labute approximate surface area is 385 Å². The molecule has 0 aliphatic heterocycles. The molecule has 0 aliphatic rings. The van der Waals surface area contributed by atoms with E-state index in [1.54, 1.807) is 16.2 Å². The van der Waals surface area contributed by atoms with Crippen LogP contribution >= 0.6 is 68.4 Å². The van der Waals surface area contributed by atoms with Gasteiger partial charge < -0.3 is 4.57 Å². The van der Waals surface area contributed by atoms with E-state index >= 15 is 0 Å². The molecule has 0 saturated heterocycles. The van der Waals surface area contributed by atoms with Crippen LogP contribution in [0.15, 0.2) is 24.3 Å². The molecule has 2 atom stereocenters. The molecular weight excluding hydrogens is 863 g/mol. The fraction of sp³-hybridized carbons (Fsp3) is 0.480. The van der Waals surface area contributed by atoms with Gasteiger partial charge in [-0.2, -0.15) is 8.75 Å². The van der Waals surface area contributed by atoms with Crippen molar-refractivity contribution >= 4 is 130 Å².